The van der Waals surface area contributed by atoms with Gasteiger partial charge in [0.1, 0.15) is 5.75 Å². The lowest BCUT2D eigenvalue weighted by Crippen LogP contribution is -2.44. The molecule has 5 unspecified atom stereocenters. The third-order valence-electron chi connectivity index (χ3n) is 9.41. The van der Waals surface area contributed by atoms with Crippen LogP contribution in [0.15, 0.2) is 48.6 Å². The normalized spacial score (nSPS) is 20.9. The van der Waals surface area contributed by atoms with E-state index < -0.39 is 12.1 Å². The van der Waals surface area contributed by atoms with Crippen molar-refractivity contribution in [1.29, 1.82) is 0 Å². The maximum absolute atomic E-state index is 12.2. The first-order chi connectivity index (χ1) is 21.7. The van der Waals surface area contributed by atoms with E-state index in [0.717, 1.165) is 68.1 Å². The highest BCUT2D eigenvalue weighted by Gasteiger charge is 2.39. The number of aliphatic hydroxyl groups excluding tert-OH is 1. The van der Waals surface area contributed by atoms with Crippen molar-refractivity contribution in [2.24, 2.45) is 11.8 Å². The number of esters is 1. The van der Waals surface area contributed by atoms with Gasteiger partial charge in [-0.15, -0.1) is 0 Å². The summed E-state index contributed by atoms with van der Waals surface area (Å²) >= 11 is 6.44. The number of methoxy groups -OCH3 is 2. The van der Waals surface area contributed by atoms with Gasteiger partial charge in [0.15, 0.2) is 6.10 Å². The summed E-state index contributed by atoms with van der Waals surface area (Å²) in [6.07, 6.45) is 8.93. The van der Waals surface area contributed by atoms with Crippen LogP contribution in [0.4, 0.5) is 5.69 Å². The Morgan fingerprint density at radius 1 is 1.20 bits per heavy atom. The van der Waals surface area contributed by atoms with Gasteiger partial charge in [0.25, 0.3) is 0 Å². The molecule has 0 bridgehead atoms. The zero-order chi connectivity index (χ0) is 32.5. The van der Waals surface area contributed by atoms with Gasteiger partial charge in [-0.1, -0.05) is 49.2 Å². The van der Waals surface area contributed by atoms with Gasteiger partial charge in [0.05, 0.1) is 25.5 Å². The molecule has 1 saturated carbocycles. The summed E-state index contributed by atoms with van der Waals surface area (Å²) in [6, 6.07) is 11.6. The van der Waals surface area contributed by atoms with E-state index >= 15 is 0 Å². The highest BCUT2D eigenvalue weighted by Crippen LogP contribution is 2.43. The first kappa shape index (κ1) is 34.8. The van der Waals surface area contributed by atoms with Crippen LogP contribution in [-0.2, 0) is 25.5 Å². The highest BCUT2D eigenvalue weighted by atomic mass is 35.5. The number of nitrogens with zero attached hydrogens (tertiary/aromatic N) is 2. The fourth-order valence-electron chi connectivity index (χ4n) is 6.44. The van der Waals surface area contributed by atoms with E-state index in [0.29, 0.717) is 30.6 Å². The third-order valence-corrected chi connectivity index (χ3v) is 9.64. The Hall–Kier alpha value is -3.07. The van der Waals surface area contributed by atoms with Gasteiger partial charge in [-0.2, -0.15) is 0 Å². The standard InChI is InChI=1S/C36H49ClN2O6/c1-6-7-10-25-19-29(37)14-16-30(25)28-22-39(32-20-26(35(41)36(42)44-5)13-17-34(32)45-23-28)21-27-12-15-31(27)33(43-4)11-8-9-18-38(3)24(2)40/h8,11,13-14,16-17,19-20,27-28,31,33,35,41H,6-7,9-10,12,15,18,21-23H2,1-5H3/b11-8+. The molecule has 2 aliphatic rings. The van der Waals surface area contributed by atoms with Crippen LogP contribution in [0.1, 0.15) is 74.7 Å². The van der Waals surface area contributed by atoms with Crippen LogP contribution < -0.4 is 9.64 Å². The lowest BCUT2D eigenvalue weighted by atomic mass is 9.70. The summed E-state index contributed by atoms with van der Waals surface area (Å²) < 4.78 is 17.2. The average Bonchev–Trinajstić information content (AvgIpc) is 3.21. The second kappa shape index (κ2) is 16.5. The lowest BCUT2D eigenvalue weighted by Gasteiger charge is -2.43. The molecule has 0 radical (unpaired) electrons. The molecule has 0 spiro atoms. The number of aliphatic hydroxyl groups is 1. The lowest BCUT2D eigenvalue weighted by molar-refractivity contribution is -0.150. The number of aryl methyl sites for hydroxylation is 1. The maximum Gasteiger partial charge on any atom is 0.339 e. The predicted octanol–water partition coefficient (Wildman–Crippen LogP) is 6.34. The third kappa shape index (κ3) is 8.81. The van der Waals surface area contributed by atoms with Gasteiger partial charge in [0.2, 0.25) is 5.91 Å². The molecule has 1 aliphatic heterocycles. The second-order valence-corrected chi connectivity index (χ2v) is 12.8. The van der Waals surface area contributed by atoms with Crippen molar-refractivity contribution in [3.8, 4) is 5.75 Å². The quantitative estimate of drug-likeness (QED) is 0.191. The molecule has 1 fully saturated rings. The number of carbonyl (C=O) groups is 2. The topological polar surface area (TPSA) is 88.5 Å². The number of rotatable bonds is 14. The van der Waals surface area contributed by atoms with Gasteiger partial charge in [-0.3, -0.25) is 4.79 Å². The summed E-state index contributed by atoms with van der Waals surface area (Å²) in [5.74, 6) is 0.928. The fraction of sp³-hybridized carbons (Fsp3) is 0.556. The van der Waals surface area contributed by atoms with Crippen molar-refractivity contribution in [2.45, 2.75) is 70.5 Å². The van der Waals surface area contributed by atoms with E-state index in [1.54, 1.807) is 25.0 Å². The Kier molecular flexibility index (Phi) is 12.7. The van der Waals surface area contributed by atoms with Crippen molar-refractivity contribution in [2.75, 3.05) is 52.4 Å². The van der Waals surface area contributed by atoms with Crippen molar-refractivity contribution in [3.05, 3.63) is 70.3 Å². The van der Waals surface area contributed by atoms with Crippen molar-refractivity contribution < 1.29 is 28.9 Å². The number of anilines is 1. The molecule has 4 rings (SSSR count). The van der Waals surface area contributed by atoms with Crippen LogP contribution in [0.5, 0.6) is 5.75 Å². The van der Waals surface area contributed by atoms with Crippen LogP contribution in [0.2, 0.25) is 5.02 Å². The predicted molar refractivity (Wildman–Crippen MR) is 178 cm³/mol. The molecule has 0 saturated heterocycles. The van der Waals surface area contributed by atoms with E-state index in [1.165, 1.54) is 18.2 Å². The van der Waals surface area contributed by atoms with Crippen LogP contribution in [-0.4, -0.2) is 75.5 Å². The minimum atomic E-state index is -1.38. The largest absolute Gasteiger partial charge is 0.491 e. The van der Waals surface area contributed by atoms with E-state index in [9.17, 15) is 14.7 Å². The molecule has 2 aromatic rings. The van der Waals surface area contributed by atoms with Gasteiger partial charge in [0, 0.05) is 51.7 Å². The molecule has 5 atom stereocenters. The molecule has 1 aliphatic carbocycles. The number of benzene rings is 2. The molecule has 0 aromatic heterocycles. The number of hydrogen-bond donors (Lipinski definition) is 1. The van der Waals surface area contributed by atoms with Crippen molar-refractivity contribution in [3.63, 3.8) is 0 Å². The molecule has 1 N–H and O–H groups in total. The number of unbranched alkanes of at least 4 members (excludes halogenated alkanes) is 1. The van der Waals surface area contributed by atoms with Crippen molar-refractivity contribution in [1.82, 2.24) is 4.90 Å². The Morgan fingerprint density at radius 2 is 2.00 bits per heavy atom. The smallest absolute Gasteiger partial charge is 0.339 e. The molecule has 1 heterocycles. The fourth-order valence-corrected chi connectivity index (χ4v) is 6.63. The number of hydrogen-bond acceptors (Lipinski definition) is 7. The minimum Gasteiger partial charge on any atom is -0.491 e. The Labute approximate surface area is 273 Å². The average molecular weight is 641 g/mol. The van der Waals surface area contributed by atoms with E-state index in [4.69, 9.17) is 25.8 Å². The molecule has 8 nitrogen and oxygen atoms in total. The summed E-state index contributed by atoms with van der Waals surface area (Å²) in [4.78, 5) is 27.9. The number of fused-ring (bicyclic) bond motifs is 1. The van der Waals surface area contributed by atoms with Crippen molar-refractivity contribution >= 4 is 29.2 Å². The van der Waals surface area contributed by atoms with E-state index in [2.05, 4.69) is 36.1 Å². The molecular formula is C36H49ClN2O6. The molecule has 1 amide bonds. The van der Waals surface area contributed by atoms with Crippen LogP contribution in [0, 0.1) is 11.8 Å². The zero-order valence-corrected chi connectivity index (χ0v) is 28.1. The summed E-state index contributed by atoms with van der Waals surface area (Å²) in [5, 5.41) is 11.4. The van der Waals surface area contributed by atoms with Gasteiger partial charge >= 0.3 is 5.97 Å². The number of halogens is 1. The monoisotopic (exact) mass is 640 g/mol. The minimum absolute atomic E-state index is 0.0192. The molecule has 2 aromatic carbocycles. The summed E-state index contributed by atoms with van der Waals surface area (Å²) in [5.41, 5.74) is 3.84. The molecule has 9 heteroatoms. The van der Waals surface area contributed by atoms with Gasteiger partial charge < -0.3 is 29.1 Å². The molecular weight excluding hydrogens is 592 g/mol. The first-order valence-electron chi connectivity index (χ1n) is 16.1. The summed E-state index contributed by atoms with van der Waals surface area (Å²) in [7, 11) is 4.85. The van der Waals surface area contributed by atoms with E-state index in [1.807, 2.05) is 25.2 Å². The van der Waals surface area contributed by atoms with Gasteiger partial charge in [-0.05, 0) is 84.9 Å². The molecule has 45 heavy (non-hydrogen) atoms. The number of ether oxygens (including phenoxy) is 3. The molecule has 246 valence electrons. The van der Waals surface area contributed by atoms with Crippen LogP contribution in [0.3, 0.4) is 0 Å². The number of amides is 1. The Bertz CT molecular complexity index is 1330. The highest BCUT2D eigenvalue weighted by molar-refractivity contribution is 6.30. The first-order valence-corrected chi connectivity index (χ1v) is 16.5. The maximum atomic E-state index is 12.2. The SMILES string of the molecule is CCCCc1cc(Cl)ccc1C1COc2ccc(C(O)C(=O)OC)cc2N(CC2CCC2C(/C=C/CCN(C)C(C)=O)OC)C1. The van der Waals surface area contributed by atoms with E-state index in [-0.39, 0.29) is 17.9 Å². The Morgan fingerprint density at radius 3 is 2.67 bits per heavy atom. The summed E-state index contributed by atoms with van der Waals surface area (Å²) in [6.45, 7) is 6.46. The number of carbonyl (C=O) groups excluding carboxylic acids is 2. The Balaban J connectivity index is 1.61. The van der Waals surface area contributed by atoms with Crippen LogP contribution in [0.25, 0.3) is 0 Å². The second-order valence-electron chi connectivity index (χ2n) is 12.4. The van der Waals surface area contributed by atoms with Crippen LogP contribution >= 0.6 is 11.6 Å². The zero-order valence-electron chi connectivity index (χ0n) is 27.3. The van der Waals surface area contributed by atoms with Gasteiger partial charge in [-0.25, -0.2) is 4.79 Å².